The Morgan fingerprint density at radius 1 is 1.13 bits per heavy atom. The summed E-state index contributed by atoms with van der Waals surface area (Å²) in [7, 11) is 1.48. The normalized spacial score (nSPS) is 25.6. The lowest BCUT2D eigenvalue weighted by molar-refractivity contribution is -0.305. The zero-order valence-electron chi connectivity index (χ0n) is 22.7. The minimum Gasteiger partial charge on any atom is -0.462 e. The van der Waals surface area contributed by atoms with E-state index in [1.54, 1.807) is 13.8 Å². The van der Waals surface area contributed by atoms with Gasteiger partial charge in [-0.3, -0.25) is 9.69 Å². The molecule has 9 heteroatoms. The second-order valence-corrected chi connectivity index (χ2v) is 10.5. The van der Waals surface area contributed by atoms with E-state index in [9.17, 15) is 15.0 Å². The molecule has 0 aromatic heterocycles. The molecule has 2 heterocycles. The molecule has 0 saturated carbocycles. The van der Waals surface area contributed by atoms with Gasteiger partial charge < -0.3 is 34.5 Å². The Hall–Kier alpha value is -2.53. The highest BCUT2D eigenvalue weighted by atomic mass is 16.7. The van der Waals surface area contributed by atoms with Crippen LogP contribution in [-0.2, 0) is 32.0 Å². The number of morpholine rings is 1. The van der Waals surface area contributed by atoms with Gasteiger partial charge in [-0.25, -0.2) is 0 Å². The molecule has 38 heavy (non-hydrogen) atoms. The average Bonchev–Trinajstić information content (AvgIpc) is 2.88. The fourth-order valence-corrected chi connectivity index (χ4v) is 5.18. The summed E-state index contributed by atoms with van der Waals surface area (Å²) in [6.07, 6.45) is -3.57. The number of ether oxygens (including phenoxy) is 4. The fraction of sp³-hybridized carbons (Fsp3) is 0.552. The van der Waals surface area contributed by atoms with Crippen molar-refractivity contribution in [2.24, 2.45) is 0 Å². The van der Waals surface area contributed by atoms with Crippen LogP contribution in [-0.4, -0.2) is 91.2 Å². The molecule has 2 aromatic rings. The largest absolute Gasteiger partial charge is 0.462 e. The maximum Gasteiger partial charge on any atom is 0.229 e. The minimum absolute atomic E-state index is 0.0713. The van der Waals surface area contributed by atoms with Gasteiger partial charge in [0.25, 0.3) is 0 Å². The maximum absolute atomic E-state index is 11.4. The number of hydrogen-bond donors (Lipinski definition) is 3. The van der Waals surface area contributed by atoms with Crippen molar-refractivity contribution < 1.29 is 34.0 Å². The smallest absolute Gasteiger partial charge is 0.229 e. The summed E-state index contributed by atoms with van der Waals surface area (Å²) in [5, 5.41) is 24.2. The van der Waals surface area contributed by atoms with Crippen LogP contribution >= 0.6 is 0 Å². The van der Waals surface area contributed by atoms with Gasteiger partial charge in [-0.1, -0.05) is 24.3 Å². The van der Waals surface area contributed by atoms with Crippen LogP contribution in [0.3, 0.4) is 0 Å². The Balaban J connectivity index is 1.60. The van der Waals surface area contributed by atoms with E-state index in [2.05, 4.69) is 28.4 Å². The van der Waals surface area contributed by atoms with E-state index in [0.717, 1.165) is 49.5 Å². The third-order valence-electron chi connectivity index (χ3n) is 7.15. The number of nitrogens with one attached hydrogen (secondary N) is 1. The SMILES string of the molecule is CO[C@@H]1[C@@H](O)[C@H](O)C(Oc2ccc(CCNC(C)=O)c(-c3cccc(CN4CCOCC4)c3)c2)OC1(C)C. The Bertz CT molecular complexity index is 1090. The van der Waals surface area contributed by atoms with Gasteiger partial charge in [0, 0.05) is 40.2 Å². The summed E-state index contributed by atoms with van der Waals surface area (Å²) in [5.41, 5.74) is 3.39. The average molecular weight is 529 g/mol. The van der Waals surface area contributed by atoms with Crippen LogP contribution in [0.25, 0.3) is 11.1 Å². The highest BCUT2D eigenvalue weighted by Crippen LogP contribution is 2.35. The first-order valence-corrected chi connectivity index (χ1v) is 13.2. The summed E-state index contributed by atoms with van der Waals surface area (Å²) in [4.78, 5) is 13.8. The van der Waals surface area contributed by atoms with Gasteiger partial charge >= 0.3 is 0 Å². The lowest BCUT2D eigenvalue weighted by Crippen LogP contribution is -2.63. The summed E-state index contributed by atoms with van der Waals surface area (Å²) in [6.45, 7) is 9.76. The van der Waals surface area contributed by atoms with Crippen molar-refractivity contribution in [1.82, 2.24) is 10.2 Å². The van der Waals surface area contributed by atoms with E-state index >= 15 is 0 Å². The number of nitrogens with zero attached hydrogens (tertiary/aromatic N) is 1. The molecule has 4 rings (SSSR count). The number of amides is 1. The first-order chi connectivity index (χ1) is 18.2. The summed E-state index contributed by atoms with van der Waals surface area (Å²) < 4.78 is 23.0. The molecule has 0 radical (unpaired) electrons. The van der Waals surface area contributed by atoms with Crippen molar-refractivity contribution >= 4 is 5.91 Å². The van der Waals surface area contributed by atoms with E-state index in [4.69, 9.17) is 18.9 Å². The molecule has 0 aliphatic carbocycles. The second-order valence-electron chi connectivity index (χ2n) is 10.5. The first kappa shape index (κ1) is 28.5. The van der Waals surface area contributed by atoms with Gasteiger partial charge in [-0.15, -0.1) is 0 Å². The van der Waals surface area contributed by atoms with Crippen molar-refractivity contribution in [2.75, 3.05) is 40.0 Å². The van der Waals surface area contributed by atoms with Crippen molar-refractivity contribution in [3.05, 3.63) is 53.6 Å². The number of aliphatic hydroxyl groups is 2. The van der Waals surface area contributed by atoms with Crippen LogP contribution in [0.15, 0.2) is 42.5 Å². The Labute approximate surface area is 224 Å². The van der Waals surface area contributed by atoms with Crippen LogP contribution in [0.1, 0.15) is 31.9 Å². The molecule has 2 aliphatic heterocycles. The van der Waals surface area contributed by atoms with E-state index in [1.807, 2.05) is 24.3 Å². The van der Waals surface area contributed by atoms with Crippen LogP contribution in [0, 0.1) is 0 Å². The molecule has 4 atom stereocenters. The van der Waals surface area contributed by atoms with Gasteiger partial charge in [-0.2, -0.15) is 0 Å². The van der Waals surface area contributed by atoms with Crippen molar-refractivity contribution in [1.29, 1.82) is 0 Å². The molecular formula is C29H40N2O7. The maximum atomic E-state index is 11.4. The Kier molecular flexibility index (Phi) is 9.40. The zero-order chi connectivity index (χ0) is 27.3. The molecule has 9 nitrogen and oxygen atoms in total. The molecule has 1 unspecified atom stereocenters. The monoisotopic (exact) mass is 528 g/mol. The van der Waals surface area contributed by atoms with Gasteiger partial charge in [0.05, 0.1) is 18.8 Å². The van der Waals surface area contributed by atoms with Crippen molar-refractivity contribution in [3.63, 3.8) is 0 Å². The standard InChI is InChI=1S/C29H40N2O7/c1-19(32)30-11-10-21-8-9-23(37-28-26(34)25(33)27(35-4)29(2,3)38-28)17-24(21)22-7-5-6-20(16-22)18-31-12-14-36-15-13-31/h5-9,16-17,25-28,33-34H,10-15,18H2,1-4H3,(H,30,32)/t25-,26-,27+,28?/m0/s1. The number of carbonyl (C=O) groups is 1. The van der Waals surface area contributed by atoms with Crippen LogP contribution in [0.4, 0.5) is 0 Å². The van der Waals surface area contributed by atoms with E-state index in [1.165, 1.54) is 19.6 Å². The molecule has 2 aliphatic rings. The highest BCUT2D eigenvalue weighted by Gasteiger charge is 2.50. The second kappa shape index (κ2) is 12.5. The molecule has 0 bridgehead atoms. The molecule has 0 spiro atoms. The number of benzene rings is 2. The highest BCUT2D eigenvalue weighted by molar-refractivity contribution is 5.73. The van der Waals surface area contributed by atoms with Crippen LogP contribution < -0.4 is 10.1 Å². The molecule has 2 saturated heterocycles. The molecule has 1 amide bonds. The summed E-state index contributed by atoms with van der Waals surface area (Å²) in [6, 6.07) is 14.1. The van der Waals surface area contributed by atoms with Crippen LogP contribution in [0.2, 0.25) is 0 Å². The number of aliphatic hydroxyl groups excluding tert-OH is 2. The van der Waals surface area contributed by atoms with E-state index in [0.29, 0.717) is 18.7 Å². The fourth-order valence-electron chi connectivity index (χ4n) is 5.18. The predicted molar refractivity (Wildman–Crippen MR) is 143 cm³/mol. The summed E-state index contributed by atoms with van der Waals surface area (Å²) in [5.74, 6) is 0.433. The molecule has 2 aromatic carbocycles. The molecule has 2 fully saturated rings. The number of rotatable bonds is 9. The van der Waals surface area contributed by atoms with Gasteiger partial charge in [0.2, 0.25) is 12.2 Å². The third-order valence-corrected chi connectivity index (χ3v) is 7.15. The van der Waals surface area contributed by atoms with E-state index < -0.39 is 30.2 Å². The predicted octanol–water partition coefficient (Wildman–Crippen LogP) is 2.11. The third kappa shape index (κ3) is 6.91. The number of carbonyl (C=O) groups excluding carboxylic acids is 1. The molecular weight excluding hydrogens is 488 g/mol. The quantitative estimate of drug-likeness (QED) is 0.454. The van der Waals surface area contributed by atoms with Gasteiger partial charge in [0.15, 0.2) is 0 Å². The summed E-state index contributed by atoms with van der Waals surface area (Å²) >= 11 is 0. The van der Waals surface area contributed by atoms with Crippen molar-refractivity contribution in [2.45, 2.75) is 63.9 Å². The lowest BCUT2D eigenvalue weighted by atomic mass is 9.89. The van der Waals surface area contributed by atoms with Gasteiger partial charge in [0.1, 0.15) is 24.1 Å². The van der Waals surface area contributed by atoms with E-state index in [-0.39, 0.29) is 5.91 Å². The Morgan fingerprint density at radius 2 is 1.89 bits per heavy atom. The molecule has 208 valence electrons. The zero-order valence-corrected chi connectivity index (χ0v) is 22.7. The first-order valence-electron chi connectivity index (χ1n) is 13.2. The van der Waals surface area contributed by atoms with Gasteiger partial charge in [-0.05, 0) is 60.7 Å². The minimum atomic E-state index is -1.28. The Morgan fingerprint density at radius 3 is 2.61 bits per heavy atom. The molecule has 3 N–H and O–H groups in total. The van der Waals surface area contributed by atoms with Crippen LogP contribution in [0.5, 0.6) is 5.75 Å². The topological polar surface area (TPSA) is 110 Å². The van der Waals surface area contributed by atoms with Crippen molar-refractivity contribution in [3.8, 4) is 16.9 Å². The number of hydrogen-bond acceptors (Lipinski definition) is 8. The lowest BCUT2D eigenvalue weighted by Gasteiger charge is -2.46. The number of methoxy groups -OCH3 is 1.